The van der Waals surface area contributed by atoms with Crippen LogP contribution in [0.4, 0.5) is 0 Å². The third-order valence-electron chi connectivity index (χ3n) is 6.33. The number of benzene rings is 3. The summed E-state index contributed by atoms with van der Waals surface area (Å²) in [6.07, 6.45) is 4.47. The van der Waals surface area contributed by atoms with Gasteiger partial charge < -0.3 is 32.7 Å². The van der Waals surface area contributed by atoms with Crippen molar-refractivity contribution < 1.29 is 0 Å². The highest BCUT2D eigenvalue weighted by atomic mass is 14.9. The van der Waals surface area contributed by atoms with Crippen LogP contribution in [-0.4, -0.2) is 52.4 Å². The van der Waals surface area contributed by atoms with E-state index in [-0.39, 0.29) is 0 Å². The van der Waals surface area contributed by atoms with Gasteiger partial charge in [0.25, 0.3) is 0 Å². The van der Waals surface area contributed by atoms with E-state index in [2.05, 4.69) is 69.8 Å². The fraction of sp³-hybridized carbons (Fsp3) is 0.500. The van der Waals surface area contributed by atoms with Gasteiger partial charge in [-0.25, -0.2) is 0 Å². The Morgan fingerprint density at radius 1 is 0.441 bits per heavy atom. The first-order valence-corrected chi connectivity index (χ1v) is 13.0. The van der Waals surface area contributed by atoms with E-state index in [4.69, 9.17) is 11.5 Å². The lowest BCUT2D eigenvalue weighted by Gasteiger charge is -2.18. The minimum atomic E-state index is 0.776. The second-order valence-electron chi connectivity index (χ2n) is 8.89. The van der Waals surface area contributed by atoms with Crippen LogP contribution in [0, 0.1) is 0 Å². The second kappa shape index (κ2) is 15.8. The molecule has 8 N–H and O–H groups in total. The SMILES string of the molecule is NCCCCNCCNCc1c2ccccc2c(CNCCNCCCCN)c2ccccc12. The Labute approximate surface area is 205 Å². The van der Waals surface area contributed by atoms with Gasteiger partial charge in [0, 0.05) is 39.3 Å². The predicted octanol–water partition coefficient (Wildman–Crippen LogP) is 2.83. The van der Waals surface area contributed by atoms with E-state index in [1.807, 2.05) is 0 Å². The standard InChI is InChI=1S/C28H44N6/c29-13-5-7-15-31-17-19-33-21-27-23-9-1-2-10-24(23)28(26-12-4-3-11-25(26)27)22-34-20-18-32-16-8-6-14-30/h1-4,9-12,31-34H,5-8,13-22,29-30H2. The highest BCUT2D eigenvalue weighted by molar-refractivity contribution is 6.05. The van der Waals surface area contributed by atoms with Gasteiger partial charge in [0.15, 0.2) is 0 Å². The van der Waals surface area contributed by atoms with Crippen molar-refractivity contribution in [1.82, 2.24) is 21.3 Å². The molecule has 0 aliphatic carbocycles. The van der Waals surface area contributed by atoms with Crippen molar-refractivity contribution in [2.75, 3.05) is 52.4 Å². The zero-order valence-corrected chi connectivity index (χ0v) is 20.7. The van der Waals surface area contributed by atoms with Crippen LogP contribution in [0.3, 0.4) is 0 Å². The highest BCUT2D eigenvalue weighted by Gasteiger charge is 2.13. The fourth-order valence-electron chi connectivity index (χ4n) is 4.51. The van der Waals surface area contributed by atoms with Crippen molar-refractivity contribution in [2.24, 2.45) is 11.5 Å². The first-order chi connectivity index (χ1) is 16.9. The van der Waals surface area contributed by atoms with Crippen LogP contribution in [0.5, 0.6) is 0 Å². The molecule has 0 saturated carbocycles. The molecular weight excluding hydrogens is 420 g/mol. The molecule has 0 fully saturated rings. The summed E-state index contributed by atoms with van der Waals surface area (Å²) in [6, 6.07) is 17.7. The Kier molecular flexibility index (Phi) is 12.3. The number of hydrogen-bond acceptors (Lipinski definition) is 6. The number of unbranched alkanes of at least 4 members (excludes halogenated alkanes) is 2. The largest absolute Gasteiger partial charge is 0.330 e. The third-order valence-corrected chi connectivity index (χ3v) is 6.33. The monoisotopic (exact) mass is 464 g/mol. The lowest BCUT2D eigenvalue weighted by Crippen LogP contribution is -2.28. The molecule has 0 heterocycles. The van der Waals surface area contributed by atoms with Crippen molar-refractivity contribution in [1.29, 1.82) is 0 Å². The van der Waals surface area contributed by atoms with Crippen LogP contribution in [0.1, 0.15) is 36.8 Å². The Hall–Kier alpha value is -2.06. The molecule has 0 spiro atoms. The lowest BCUT2D eigenvalue weighted by molar-refractivity contribution is 0.587. The number of nitrogens with two attached hydrogens (primary N) is 2. The Bertz CT molecular complexity index is 839. The molecule has 0 radical (unpaired) electrons. The molecule has 34 heavy (non-hydrogen) atoms. The molecule has 6 heteroatoms. The summed E-state index contributed by atoms with van der Waals surface area (Å²) in [5.41, 5.74) is 13.9. The van der Waals surface area contributed by atoms with Crippen LogP contribution in [0.15, 0.2) is 48.5 Å². The van der Waals surface area contributed by atoms with E-state index in [0.29, 0.717) is 0 Å². The molecule has 3 aromatic rings. The van der Waals surface area contributed by atoms with Gasteiger partial charge in [0.05, 0.1) is 0 Å². The van der Waals surface area contributed by atoms with E-state index in [9.17, 15) is 0 Å². The number of rotatable bonds is 18. The summed E-state index contributed by atoms with van der Waals surface area (Å²) < 4.78 is 0. The zero-order chi connectivity index (χ0) is 23.8. The van der Waals surface area contributed by atoms with Gasteiger partial charge in [-0.15, -0.1) is 0 Å². The van der Waals surface area contributed by atoms with Crippen LogP contribution < -0.4 is 32.7 Å². The van der Waals surface area contributed by atoms with Gasteiger partial charge in [-0.1, -0.05) is 48.5 Å². The summed E-state index contributed by atoms with van der Waals surface area (Å²) in [5, 5.41) is 19.7. The average Bonchev–Trinajstić information content (AvgIpc) is 2.87. The van der Waals surface area contributed by atoms with Crippen molar-refractivity contribution in [2.45, 2.75) is 38.8 Å². The quantitative estimate of drug-likeness (QED) is 0.128. The first kappa shape index (κ1) is 26.5. The Morgan fingerprint density at radius 3 is 1.15 bits per heavy atom. The maximum atomic E-state index is 5.57. The van der Waals surface area contributed by atoms with Gasteiger partial charge in [0.2, 0.25) is 0 Å². The summed E-state index contributed by atoms with van der Waals surface area (Å²) in [5.74, 6) is 0. The van der Waals surface area contributed by atoms with Gasteiger partial charge in [-0.05, 0) is 84.5 Å². The molecular formula is C28H44N6. The lowest BCUT2D eigenvalue weighted by atomic mass is 9.91. The van der Waals surface area contributed by atoms with Crippen LogP contribution in [0.2, 0.25) is 0 Å². The molecule has 0 bridgehead atoms. The van der Waals surface area contributed by atoms with Crippen LogP contribution in [0.25, 0.3) is 21.5 Å². The fourth-order valence-corrected chi connectivity index (χ4v) is 4.51. The average molecular weight is 465 g/mol. The van der Waals surface area contributed by atoms with Gasteiger partial charge in [0.1, 0.15) is 0 Å². The van der Waals surface area contributed by atoms with Crippen molar-refractivity contribution >= 4 is 21.5 Å². The summed E-state index contributed by atoms with van der Waals surface area (Å²) in [6.45, 7) is 9.21. The maximum Gasteiger partial charge on any atom is 0.0218 e. The molecule has 0 amide bonds. The van der Waals surface area contributed by atoms with Crippen molar-refractivity contribution in [3.05, 3.63) is 59.7 Å². The number of fused-ring (bicyclic) bond motifs is 2. The summed E-state index contributed by atoms with van der Waals surface area (Å²) >= 11 is 0. The minimum absolute atomic E-state index is 0.776. The first-order valence-electron chi connectivity index (χ1n) is 13.0. The predicted molar refractivity (Wildman–Crippen MR) is 147 cm³/mol. The van der Waals surface area contributed by atoms with Gasteiger partial charge >= 0.3 is 0 Å². The molecule has 3 rings (SSSR count). The van der Waals surface area contributed by atoms with E-state index < -0.39 is 0 Å². The summed E-state index contributed by atoms with van der Waals surface area (Å²) in [7, 11) is 0. The Morgan fingerprint density at radius 2 is 0.794 bits per heavy atom. The van der Waals surface area contributed by atoms with Crippen LogP contribution >= 0.6 is 0 Å². The number of nitrogens with one attached hydrogen (secondary N) is 4. The van der Waals surface area contributed by atoms with E-state index in [1.165, 1.54) is 32.7 Å². The molecule has 0 saturated heterocycles. The minimum Gasteiger partial charge on any atom is -0.330 e. The summed E-state index contributed by atoms with van der Waals surface area (Å²) in [4.78, 5) is 0. The zero-order valence-electron chi connectivity index (χ0n) is 20.7. The normalized spacial score (nSPS) is 11.6. The molecule has 0 aliphatic heterocycles. The number of hydrogen-bond donors (Lipinski definition) is 6. The second-order valence-corrected chi connectivity index (χ2v) is 8.89. The molecule has 0 aliphatic rings. The topological polar surface area (TPSA) is 100 Å². The Balaban J connectivity index is 1.65. The van der Waals surface area contributed by atoms with Crippen molar-refractivity contribution in [3.63, 3.8) is 0 Å². The molecule has 6 nitrogen and oxygen atoms in total. The maximum absolute atomic E-state index is 5.57. The molecule has 186 valence electrons. The van der Waals surface area contributed by atoms with Gasteiger partial charge in [-0.3, -0.25) is 0 Å². The molecule has 0 aromatic heterocycles. The highest BCUT2D eigenvalue weighted by Crippen LogP contribution is 2.33. The van der Waals surface area contributed by atoms with Crippen molar-refractivity contribution in [3.8, 4) is 0 Å². The van der Waals surface area contributed by atoms with Crippen LogP contribution in [-0.2, 0) is 13.1 Å². The van der Waals surface area contributed by atoms with E-state index >= 15 is 0 Å². The molecule has 3 aromatic carbocycles. The van der Waals surface area contributed by atoms with Gasteiger partial charge in [-0.2, -0.15) is 0 Å². The third kappa shape index (κ3) is 8.01. The smallest absolute Gasteiger partial charge is 0.0218 e. The molecule has 0 atom stereocenters. The molecule has 0 unspecified atom stereocenters. The van der Waals surface area contributed by atoms with E-state index in [0.717, 1.165) is 91.1 Å². The van der Waals surface area contributed by atoms with E-state index in [1.54, 1.807) is 0 Å².